The standard InChI is InChI=1S/C19H15ClN4O2S2/c1-12-3-5-13(6-4-12)28(25,26)24-10-8-15-14(7-9-21-18(15)24)16-11-17(20)23-19(22-16)27-2/h3-11H,1-2H3. The van der Waals surface area contributed by atoms with Crippen molar-refractivity contribution in [3.8, 4) is 11.3 Å². The molecule has 0 unspecified atom stereocenters. The summed E-state index contributed by atoms with van der Waals surface area (Å²) >= 11 is 7.50. The van der Waals surface area contributed by atoms with E-state index in [9.17, 15) is 8.42 Å². The molecule has 0 aliphatic carbocycles. The fraction of sp³-hybridized carbons (Fsp3) is 0.105. The molecule has 0 amide bonds. The number of hydrogen-bond acceptors (Lipinski definition) is 6. The second-order valence-electron chi connectivity index (χ2n) is 6.09. The highest BCUT2D eigenvalue weighted by atomic mass is 35.5. The number of rotatable bonds is 4. The summed E-state index contributed by atoms with van der Waals surface area (Å²) in [6.45, 7) is 1.91. The molecule has 0 aliphatic rings. The highest BCUT2D eigenvalue weighted by molar-refractivity contribution is 7.98. The largest absolute Gasteiger partial charge is 0.269 e. The Kier molecular flexibility index (Phi) is 4.86. The van der Waals surface area contributed by atoms with Crippen molar-refractivity contribution in [3.63, 3.8) is 0 Å². The van der Waals surface area contributed by atoms with Gasteiger partial charge < -0.3 is 0 Å². The first-order chi connectivity index (χ1) is 13.4. The second kappa shape index (κ2) is 7.20. The quantitative estimate of drug-likeness (QED) is 0.271. The van der Waals surface area contributed by atoms with Crippen molar-refractivity contribution in [1.82, 2.24) is 18.9 Å². The van der Waals surface area contributed by atoms with E-state index < -0.39 is 10.0 Å². The van der Waals surface area contributed by atoms with Crippen molar-refractivity contribution in [2.75, 3.05) is 6.26 Å². The van der Waals surface area contributed by atoms with Crippen molar-refractivity contribution in [2.45, 2.75) is 17.0 Å². The molecule has 0 saturated heterocycles. The summed E-state index contributed by atoms with van der Waals surface area (Å²) in [7, 11) is -3.77. The third-order valence-electron chi connectivity index (χ3n) is 4.27. The van der Waals surface area contributed by atoms with Gasteiger partial charge in [0, 0.05) is 29.4 Å². The zero-order valence-electron chi connectivity index (χ0n) is 15.0. The lowest BCUT2D eigenvalue weighted by Crippen LogP contribution is -2.12. The summed E-state index contributed by atoms with van der Waals surface area (Å²) in [4.78, 5) is 13.2. The van der Waals surface area contributed by atoms with Crippen LogP contribution in [0.3, 0.4) is 0 Å². The summed E-state index contributed by atoms with van der Waals surface area (Å²) in [5.74, 6) is 0. The Morgan fingerprint density at radius 2 is 1.82 bits per heavy atom. The van der Waals surface area contributed by atoms with Gasteiger partial charge in [-0.25, -0.2) is 27.3 Å². The number of fused-ring (bicyclic) bond motifs is 1. The molecular weight excluding hydrogens is 416 g/mol. The maximum absolute atomic E-state index is 13.1. The van der Waals surface area contributed by atoms with Crippen molar-refractivity contribution < 1.29 is 8.42 Å². The van der Waals surface area contributed by atoms with Gasteiger partial charge in [0.15, 0.2) is 10.8 Å². The van der Waals surface area contributed by atoms with Crippen LogP contribution in [0.15, 0.2) is 64.9 Å². The molecule has 0 N–H and O–H groups in total. The first-order valence-electron chi connectivity index (χ1n) is 8.27. The fourth-order valence-electron chi connectivity index (χ4n) is 2.88. The molecule has 0 aliphatic heterocycles. The van der Waals surface area contributed by atoms with Gasteiger partial charge in [0.05, 0.1) is 10.6 Å². The molecule has 0 spiro atoms. The van der Waals surface area contributed by atoms with Crippen LogP contribution in [-0.2, 0) is 10.0 Å². The zero-order valence-corrected chi connectivity index (χ0v) is 17.4. The number of pyridine rings is 1. The molecule has 4 aromatic rings. The molecule has 0 atom stereocenters. The fourth-order valence-corrected chi connectivity index (χ4v) is 4.80. The minimum Gasteiger partial charge on any atom is -0.237 e. The monoisotopic (exact) mass is 430 g/mol. The molecule has 6 nitrogen and oxygen atoms in total. The molecule has 1 aromatic carbocycles. The Morgan fingerprint density at radius 1 is 1.07 bits per heavy atom. The second-order valence-corrected chi connectivity index (χ2v) is 9.06. The topological polar surface area (TPSA) is 77.7 Å². The lowest BCUT2D eigenvalue weighted by Gasteiger charge is -2.09. The predicted molar refractivity (Wildman–Crippen MR) is 111 cm³/mol. The Labute approximate surface area is 171 Å². The van der Waals surface area contributed by atoms with Crippen LogP contribution >= 0.6 is 23.4 Å². The summed E-state index contributed by atoms with van der Waals surface area (Å²) in [6.07, 6.45) is 4.93. The van der Waals surface area contributed by atoms with Gasteiger partial charge in [-0.3, -0.25) is 0 Å². The molecule has 0 radical (unpaired) electrons. The molecule has 9 heteroatoms. The van der Waals surface area contributed by atoms with E-state index in [1.165, 1.54) is 21.9 Å². The summed E-state index contributed by atoms with van der Waals surface area (Å²) < 4.78 is 27.4. The SMILES string of the molecule is CSc1nc(Cl)cc(-c2ccnc3c2ccn3S(=O)(=O)c2ccc(C)cc2)n1. The third kappa shape index (κ3) is 3.28. The van der Waals surface area contributed by atoms with E-state index in [1.807, 2.05) is 13.2 Å². The van der Waals surface area contributed by atoms with E-state index in [0.29, 0.717) is 27.0 Å². The van der Waals surface area contributed by atoms with Crippen LogP contribution in [0.4, 0.5) is 0 Å². The predicted octanol–water partition coefficient (Wildman–Crippen LogP) is 4.41. The lowest BCUT2D eigenvalue weighted by atomic mass is 10.1. The number of nitrogens with zero attached hydrogens (tertiary/aromatic N) is 4. The first kappa shape index (κ1) is 18.9. The number of benzene rings is 1. The minimum absolute atomic E-state index is 0.206. The van der Waals surface area contributed by atoms with Crippen LogP contribution in [0.2, 0.25) is 5.15 Å². The van der Waals surface area contributed by atoms with Crippen LogP contribution in [-0.4, -0.2) is 33.6 Å². The normalized spacial score (nSPS) is 11.8. The number of aryl methyl sites for hydroxylation is 1. The Morgan fingerprint density at radius 3 is 2.54 bits per heavy atom. The summed E-state index contributed by atoms with van der Waals surface area (Å²) in [5.41, 5.74) is 2.67. The molecule has 0 bridgehead atoms. The molecule has 0 saturated carbocycles. The maximum atomic E-state index is 13.1. The number of hydrogen-bond donors (Lipinski definition) is 0. The van der Waals surface area contributed by atoms with Gasteiger partial charge in [0.1, 0.15) is 5.15 Å². The average Bonchev–Trinajstić information content (AvgIpc) is 3.12. The van der Waals surface area contributed by atoms with E-state index in [-0.39, 0.29) is 4.90 Å². The van der Waals surface area contributed by atoms with Crippen LogP contribution in [0, 0.1) is 6.92 Å². The van der Waals surface area contributed by atoms with Gasteiger partial charge in [0.25, 0.3) is 10.0 Å². The minimum atomic E-state index is -3.77. The smallest absolute Gasteiger partial charge is 0.237 e. The lowest BCUT2D eigenvalue weighted by molar-refractivity contribution is 0.588. The summed E-state index contributed by atoms with van der Waals surface area (Å²) in [6, 6.07) is 11.9. The molecule has 0 fully saturated rings. The van der Waals surface area contributed by atoms with Crippen molar-refractivity contribution in [2.24, 2.45) is 0 Å². The molecule has 3 heterocycles. The van der Waals surface area contributed by atoms with Crippen LogP contribution in [0.25, 0.3) is 22.3 Å². The van der Waals surface area contributed by atoms with Gasteiger partial charge in [-0.15, -0.1) is 0 Å². The molecule has 4 rings (SSSR count). The van der Waals surface area contributed by atoms with Gasteiger partial charge in [-0.1, -0.05) is 41.1 Å². The highest BCUT2D eigenvalue weighted by Gasteiger charge is 2.21. The molecule has 142 valence electrons. The van der Waals surface area contributed by atoms with Gasteiger partial charge in [-0.2, -0.15) is 0 Å². The highest BCUT2D eigenvalue weighted by Crippen LogP contribution is 2.31. The zero-order chi connectivity index (χ0) is 19.9. The van der Waals surface area contributed by atoms with E-state index in [0.717, 1.165) is 11.1 Å². The average molecular weight is 431 g/mol. The van der Waals surface area contributed by atoms with E-state index >= 15 is 0 Å². The molecular formula is C19H15ClN4O2S2. The van der Waals surface area contributed by atoms with Crippen LogP contribution < -0.4 is 0 Å². The Bertz CT molecular complexity index is 1290. The van der Waals surface area contributed by atoms with Crippen molar-refractivity contribution >= 4 is 44.4 Å². The molecule has 28 heavy (non-hydrogen) atoms. The first-order valence-corrected chi connectivity index (χ1v) is 11.3. The van der Waals surface area contributed by atoms with E-state index in [4.69, 9.17) is 11.6 Å². The Hall–Kier alpha value is -2.42. The van der Waals surface area contributed by atoms with Gasteiger partial charge in [0.2, 0.25) is 0 Å². The molecule has 3 aromatic heterocycles. The number of aromatic nitrogens is 4. The third-order valence-corrected chi connectivity index (χ3v) is 6.69. The number of thioether (sulfide) groups is 1. The van der Waals surface area contributed by atoms with Crippen molar-refractivity contribution in [1.29, 1.82) is 0 Å². The number of halogens is 1. The Balaban J connectivity index is 1.90. The van der Waals surface area contributed by atoms with Gasteiger partial charge in [-0.05, 0) is 37.4 Å². The maximum Gasteiger partial charge on any atom is 0.269 e. The van der Waals surface area contributed by atoms with Crippen molar-refractivity contribution in [3.05, 3.63) is 65.6 Å². The van der Waals surface area contributed by atoms with Gasteiger partial charge >= 0.3 is 0 Å². The summed E-state index contributed by atoms with van der Waals surface area (Å²) in [5, 5.41) is 1.53. The van der Waals surface area contributed by atoms with E-state index in [2.05, 4.69) is 15.0 Å². The van der Waals surface area contributed by atoms with Crippen LogP contribution in [0.5, 0.6) is 0 Å². The van der Waals surface area contributed by atoms with Crippen LogP contribution in [0.1, 0.15) is 5.56 Å². The van der Waals surface area contributed by atoms with E-state index in [1.54, 1.807) is 48.7 Å².